The summed E-state index contributed by atoms with van der Waals surface area (Å²) < 4.78 is 18.5. The van der Waals surface area contributed by atoms with Gasteiger partial charge in [-0.15, -0.1) is 0 Å². The van der Waals surface area contributed by atoms with Gasteiger partial charge in [-0.05, 0) is 19.3 Å². The van der Waals surface area contributed by atoms with Gasteiger partial charge < -0.3 is 4.74 Å². The molecule has 14 heavy (non-hydrogen) atoms. The van der Waals surface area contributed by atoms with Crippen molar-refractivity contribution >= 4 is 6.29 Å². The molecule has 1 heterocycles. The van der Waals surface area contributed by atoms with Crippen molar-refractivity contribution in [2.45, 2.75) is 25.4 Å². The summed E-state index contributed by atoms with van der Waals surface area (Å²) in [5.74, 6) is -0.227. The van der Waals surface area contributed by atoms with E-state index in [4.69, 9.17) is 4.74 Å². The Labute approximate surface area is 80.9 Å². The maximum atomic E-state index is 13.0. The molecule has 0 aromatic carbocycles. The second kappa shape index (κ2) is 3.74. The van der Waals surface area contributed by atoms with Crippen LogP contribution >= 0.6 is 0 Å². The Morgan fingerprint density at radius 2 is 2.36 bits per heavy atom. The van der Waals surface area contributed by atoms with E-state index in [1.807, 2.05) is 0 Å². The van der Waals surface area contributed by atoms with E-state index in [2.05, 4.69) is 4.98 Å². The van der Waals surface area contributed by atoms with Crippen LogP contribution in [0.4, 0.5) is 4.39 Å². The Kier molecular flexibility index (Phi) is 2.43. The molecule has 1 saturated carbocycles. The van der Waals surface area contributed by atoms with Crippen molar-refractivity contribution < 1.29 is 13.9 Å². The van der Waals surface area contributed by atoms with Gasteiger partial charge in [0.15, 0.2) is 12.1 Å². The lowest BCUT2D eigenvalue weighted by Crippen LogP contribution is -2.24. The predicted molar refractivity (Wildman–Crippen MR) is 47.8 cm³/mol. The monoisotopic (exact) mass is 195 g/mol. The summed E-state index contributed by atoms with van der Waals surface area (Å²) in [7, 11) is 0. The molecule has 0 unspecified atom stereocenters. The number of rotatable bonds is 3. The largest absolute Gasteiger partial charge is 0.489 e. The molecular weight excluding hydrogens is 185 g/mol. The molecule has 0 N–H and O–H groups in total. The summed E-state index contributed by atoms with van der Waals surface area (Å²) >= 11 is 0. The lowest BCUT2D eigenvalue weighted by Gasteiger charge is -2.26. The number of carbonyl (C=O) groups is 1. The summed E-state index contributed by atoms with van der Waals surface area (Å²) in [6.07, 6.45) is 5.15. The predicted octanol–water partition coefficient (Wildman–Crippen LogP) is 1.96. The van der Waals surface area contributed by atoms with Gasteiger partial charge in [0, 0.05) is 6.07 Å². The van der Waals surface area contributed by atoms with Gasteiger partial charge in [-0.25, -0.2) is 9.37 Å². The van der Waals surface area contributed by atoms with Crippen LogP contribution in [0.1, 0.15) is 29.8 Å². The van der Waals surface area contributed by atoms with Crippen LogP contribution in [0.5, 0.6) is 5.75 Å². The zero-order valence-corrected chi connectivity index (χ0v) is 7.57. The second-order valence-corrected chi connectivity index (χ2v) is 3.33. The van der Waals surface area contributed by atoms with Crippen LogP contribution in [-0.4, -0.2) is 17.4 Å². The lowest BCUT2D eigenvalue weighted by molar-refractivity contribution is 0.111. The van der Waals surface area contributed by atoms with Gasteiger partial charge in [-0.2, -0.15) is 0 Å². The zero-order chi connectivity index (χ0) is 9.97. The van der Waals surface area contributed by atoms with Gasteiger partial charge in [0.2, 0.25) is 0 Å². The molecule has 1 aromatic rings. The normalized spacial score (nSPS) is 16.1. The molecule has 0 atom stereocenters. The zero-order valence-electron chi connectivity index (χ0n) is 7.57. The van der Waals surface area contributed by atoms with Gasteiger partial charge >= 0.3 is 0 Å². The van der Waals surface area contributed by atoms with Gasteiger partial charge in [0.1, 0.15) is 11.4 Å². The molecule has 0 radical (unpaired) electrons. The quantitative estimate of drug-likeness (QED) is 0.692. The first kappa shape index (κ1) is 9.12. The summed E-state index contributed by atoms with van der Waals surface area (Å²) in [6.45, 7) is 0. The van der Waals surface area contributed by atoms with Gasteiger partial charge in [-0.1, -0.05) is 0 Å². The third-order valence-corrected chi connectivity index (χ3v) is 2.31. The Bertz CT molecular complexity index is 350. The SMILES string of the molecule is O=Cc1ncc(OC2CCC2)cc1F. The second-order valence-electron chi connectivity index (χ2n) is 3.33. The van der Waals surface area contributed by atoms with Crippen LogP contribution in [0.3, 0.4) is 0 Å². The standard InChI is InChI=1S/C10H10FNO2/c11-9-4-8(5-12-10(9)6-13)14-7-2-1-3-7/h4-7H,1-3H2. The molecule has 74 valence electrons. The number of halogens is 1. The van der Waals surface area contributed by atoms with Crippen molar-refractivity contribution in [3.05, 3.63) is 23.8 Å². The number of aromatic nitrogens is 1. The third kappa shape index (κ3) is 1.73. The summed E-state index contributed by atoms with van der Waals surface area (Å²) in [5, 5.41) is 0. The van der Waals surface area contributed by atoms with E-state index in [9.17, 15) is 9.18 Å². The molecule has 1 aromatic heterocycles. The number of aldehydes is 1. The van der Waals surface area contributed by atoms with Crippen LogP contribution < -0.4 is 4.74 Å². The number of pyridine rings is 1. The molecule has 0 aliphatic heterocycles. The molecule has 1 aliphatic rings. The summed E-state index contributed by atoms with van der Waals surface area (Å²) in [5.41, 5.74) is -0.175. The van der Waals surface area contributed by atoms with Crippen LogP contribution in [-0.2, 0) is 0 Å². The van der Waals surface area contributed by atoms with E-state index in [-0.39, 0.29) is 11.8 Å². The van der Waals surface area contributed by atoms with E-state index in [0.717, 1.165) is 19.3 Å². The van der Waals surface area contributed by atoms with E-state index in [0.29, 0.717) is 12.0 Å². The molecular formula is C10H10FNO2. The van der Waals surface area contributed by atoms with E-state index in [1.165, 1.54) is 12.3 Å². The van der Waals surface area contributed by atoms with Gasteiger partial charge in [-0.3, -0.25) is 4.79 Å². The molecule has 0 bridgehead atoms. The highest BCUT2D eigenvalue weighted by atomic mass is 19.1. The molecule has 0 spiro atoms. The highest BCUT2D eigenvalue weighted by Gasteiger charge is 2.19. The highest BCUT2D eigenvalue weighted by molar-refractivity contribution is 5.72. The molecule has 0 amide bonds. The Balaban J connectivity index is 2.10. The maximum Gasteiger partial charge on any atom is 0.171 e. The van der Waals surface area contributed by atoms with E-state index >= 15 is 0 Å². The number of carbonyl (C=O) groups excluding carboxylic acids is 1. The number of hydrogen-bond donors (Lipinski definition) is 0. The number of ether oxygens (including phenoxy) is 1. The first-order valence-corrected chi connectivity index (χ1v) is 4.57. The Morgan fingerprint density at radius 3 is 2.86 bits per heavy atom. The highest BCUT2D eigenvalue weighted by Crippen LogP contribution is 2.25. The van der Waals surface area contributed by atoms with E-state index in [1.54, 1.807) is 0 Å². The molecule has 4 heteroatoms. The Morgan fingerprint density at radius 1 is 1.57 bits per heavy atom. The minimum absolute atomic E-state index is 0.175. The fourth-order valence-corrected chi connectivity index (χ4v) is 1.26. The van der Waals surface area contributed by atoms with Crippen molar-refractivity contribution in [1.29, 1.82) is 0 Å². The summed E-state index contributed by atoms with van der Waals surface area (Å²) in [6, 6.07) is 1.20. The first-order chi connectivity index (χ1) is 6.79. The molecule has 2 rings (SSSR count). The molecule has 0 saturated heterocycles. The van der Waals surface area contributed by atoms with Crippen molar-refractivity contribution in [3.8, 4) is 5.75 Å². The number of nitrogens with zero attached hydrogens (tertiary/aromatic N) is 1. The van der Waals surface area contributed by atoms with E-state index < -0.39 is 5.82 Å². The number of hydrogen-bond acceptors (Lipinski definition) is 3. The molecule has 1 fully saturated rings. The molecule has 1 aliphatic carbocycles. The lowest BCUT2D eigenvalue weighted by atomic mass is 9.96. The van der Waals surface area contributed by atoms with Crippen molar-refractivity contribution in [2.24, 2.45) is 0 Å². The van der Waals surface area contributed by atoms with Crippen molar-refractivity contribution in [3.63, 3.8) is 0 Å². The fraction of sp³-hybridized carbons (Fsp3) is 0.400. The van der Waals surface area contributed by atoms with Gasteiger partial charge in [0.05, 0.1) is 12.3 Å². The van der Waals surface area contributed by atoms with Crippen LogP contribution in [0.15, 0.2) is 12.3 Å². The summed E-state index contributed by atoms with van der Waals surface area (Å²) in [4.78, 5) is 13.9. The first-order valence-electron chi connectivity index (χ1n) is 4.57. The van der Waals surface area contributed by atoms with Crippen LogP contribution in [0.25, 0.3) is 0 Å². The minimum atomic E-state index is -0.628. The van der Waals surface area contributed by atoms with Gasteiger partial charge in [0.25, 0.3) is 0 Å². The topological polar surface area (TPSA) is 39.2 Å². The Hall–Kier alpha value is -1.45. The minimum Gasteiger partial charge on any atom is -0.489 e. The van der Waals surface area contributed by atoms with Crippen LogP contribution in [0, 0.1) is 5.82 Å². The molecule has 3 nitrogen and oxygen atoms in total. The third-order valence-electron chi connectivity index (χ3n) is 2.31. The smallest absolute Gasteiger partial charge is 0.171 e. The van der Waals surface area contributed by atoms with Crippen molar-refractivity contribution in [1.82, 2.24) is 4.98 Å². The average molecular weight is 195 g/mol. The van der Waals surface area contributed by atoms with Crippen molar-refractivity contribution in [2.75, 3.05) is 0 Å². The fourth-order valence-electron chi connectivity index (χ4n) is 1.26. The maximum absolute atomic E-state index is 13.0. The average Bonchev–Trinajstić information content (AvgIpc) is 2.12. The van der Waals surface area contributed by atoms with Crippen LogP contribution in [0.2, 0.25) is 0 Å².